The Hall–Kier alpha value is -0.460. The Morgan fingerprint density at radius 2 is 1.45 bits per heavy atom. The molecule has 0 heterocycles. The molecule has 0 atom stereocenters. The molecule has 0 spiro atoms. The number of rotatable bonds is 5. The molecule has 1 heteroatoms. The van der Waals surface area contributed by atoms with Crippen molar-refractivity contribution >= 4 is 0 Å². The molecule has 0 unspecified atom stereocenters. The van der Waals surface area contributed by atoms with Crippen molar-refractivity contribution in [1.29, 1.82) is 0 Å². The van der Waals surface area contributed by atoms with E-state index in [-0.39, 0.29) is 0 Å². The molecule has 0 fully saturated rings. The number of nitrogens with zero attached hydrogens (tertiary/aromatic N) is 1. The molecule has 0 N–H and O–H groups in total. The summed E-state index contributed by atoms with van der Waals surface area (Å²) in [6.07, 6.45) is 1.94. The molecule has 0 radical (unpaired) electrons. The van der Waals surface area contributed by atoms with E-state index < -0.39 is 0 Å². The third kappa shape index (κ3) is 5.96. The van der Waals surface area contributed by atoms with Crippen molar-refractivity contribution in [3.8, 4) is 0 Å². The molecule has 0 amide bonds. The minimum atomic E-state index is 0.728. The first-order valence-electron chi connectivity index (χ1n) is 4.42. The average Bonchev–Trinajstić information content (AvgIpc) is 1.84. The lowest BCUT2D eigenvalue weighted by atomic mass is 10.1. The van der Waals surface area contributed by atoms with Crippen LogP contribution in [0.4, 0.5) is 0 Å². The quantitative estimate of drug-likeness (QED) is 0.590. The predicted octanol–water partition coefficient (Wildman–Crippen LogP) is 2.74. The van der Waals surface area contributed by atoms with Crippen LogP contribution in [0.1, 0.15) is 27.7 Å². The first kappa shape index (κ1) is 10.5. The van der Waals surface area contributed by atoms with Crippen molar-refractivity contribution < 1.29 is 0 Å². The van der Waals surface area contributed by atoms with Gasteiger partial charge in [0.05, 0.1) is 0 Å². The number of hydrogen-bond acceptors (Lipinski definition) is 1. The summed E-state index contributed by atoms with van der Waals surface area (Å²) in [6.45, 7) is 15.0. The van der Waals surface area contributed by atoms with Gasteiger partial charge in [-0.15, -0.1) is 0 Å². The van der Waals surface area contributed by atoms with Crippen LogP contribution in [0.5, 0.6) is 0 Å². The zero-order valence-corrected chi connectivity index (χ0v) is 8.30. The second-order valence-corrected chi connectivity index (χ2v) is 3.92. The summed E-state index contributed by atoms with van der Waals surface area (Å²) in [5.41, 5.74) is 0. The van der Waals surface area contributed by atoms with Gasteiger partial charge in [-0.2, -0.15) is 0 Å². The molecule has 1 nitrogen and oxygen atoms in total. The van der Waals surface area contributed by atoms with E-state index in [0.29, 0.717) is 0 Å². The second kappa shape index (κ2) is 5.22. The average molecular weight is 155 g/mol. The minimum Gasteiger partial charge on any atom is -0.377 e. The van der Waals surface area contributed by atoms with Crippen LogP contribution >= 0.6 is 0 Å². The highest BCUT2D eigenvalue weighted by Gasteiger charge is 2.03. The maximum absolute atomic E-state index is 3.79. The fourth-order valence-electron chi connectivity index (χ4n) is 1.16. The summed E-state index contributed by atoms with van der Waals surface area (Å²) in [5, 5.41) is 0. The summed E-state index contributed by atoms with van der Waals surface area (Å²) >= 11 is 0. The Bertz CT molecular complexity index is 95.4. The van der Waals surface area contributed by atoms with E-state index in [4.69, 9.17) is 0 Å². The smallest absolute Gasteiger partial charge is 0.0195 e. The van der Waals surface area contributed by atoms with Gasteiger partial charge in [0.25, 0.3) is 0 Å². The van der Waals surface area contributed by atoms with Gasteiger partial charge in [-0.05, 0) is 18.0 Å². The van der Waals surface area contributed by atoms with E-state index in [1.807, 2.05) is 6.20 Å². The molecule has 66 valence electrons. The third-order valence-electron chi connectivity index (χ3n) is 1.46. The van der Waals surface area contributed by atoms with Crippen molar-refractivity contribution in [1.82, 2.24) is 4.90 Å². The van der Waals surface area contributed by atoms with Crippen molar-refractivity contribution in [3.05, 3.63) is 12.8 Å². The Morgan fingerprint density at radius 1 is 1.09 bits per heavy atom. The fraction of sp³-hybridized carbons (Fsp3) is 0.800. The van der Waals surface area contributed by atoms with Gasteiger partial charge in [0.1, 0.15) is 0 Å². The van der Waals surface area contributed by atoms with Gasteiger partial charge in [-0.25, -0.2) is 0 Å². The highest BCUT2D eigenvalue weighted by atomic mass is 15.1. The molecule has 0 rings (SSSR count). The van der Waals surface area contributed by atoms with Crippen molar-refractivity contribution in [2.75, 3.05) is 13.1 Å². The molecule has 0 saturated carbocycles. The maximum Gasteiger partial charge on any atom is 0.0195 e. The zero-order valence-electron chi connectivity index (χ0n) is 8.30. The van der Waals surface area contributed by atoms with E-state index in [2.05, 4.69) is 39.2 Å². The molecule has 0 aliphatic rings. The predicted molar refractivity (Wildman–Crippen MR) is 51.4 cm³/mol. The van der Waals surface area contributed by atoms with Gasteiger partial charge in [0.15, 0.2) is 0 Å². The van der Waals surface area contributed by atoms with Gasteiger partial charge in [-0.1, -0.05) is 34.3 Å². The van der Waals surface area contributed by atoms with Gasteiger partial charge in [0.2, 0.25) is 0 Å². The van der Waals surface area contributed by atoms with E-state index in [9.17, 15) is 0 Å². The third-order valence-corrected chi connectivity index (χ3v) is 1.46. The summed E-state index contributed by atoms with van der Waals surface area (Å²) < 4.78 is 0. The largest absolute Gasteiger partial charge is 0.377 e. The molecule has 0 bridgehead atoms. The van der Waals surface area contributed by atoms with E-state index in [1.165, 1.54) is 0 Å². The van der Waals surface area contributed by atoms with Crippen LogP contribution < -0.4 is 0 Å². The van der Waals surface area contributed by atoms with E-state index >= 15 is 0 Å². The molecular formula is C10H21N. The Labute approximate surface area is 71.1 Å². The minimum absolute atomic E-state index is 0.728. The zero-order chi connectivity index (χ0) is 8.85. The van der Waals surface area contributed by atoms with Crippen LogP contribution in [0.3, 0.4) is 0 Å². The monoisotopic (exact) mass is 155 g/mol. The molecule has 0 aromatic carbocycles. The summed E-state index contributed by atoms with van der Waals surface area (Å²) in [6, 6.07) is 0. The highest BCUT2D eigenvalue weighted by Crippen LogP contribution is 2.02. The molecule has 0 aromatic heterocycles. The van der Waals surface area contributed by atoms with Crippen molar-refractivity contribution in [3.63, 3.8) is 0 Å². The Balaban J connectivity index is 3.67. The van der Waals surface area contributed by atoms with Gasteiger partial charge in [0, 0.05) is 13.1 Å². The summed E-state index contributed by atoms with van der Waals surface area (Å²) in [7, 11) is 0. The summed E-state index contributed by atoms with van der Waals surface area (Å²) in [5.74, 6) is 1.46. The van der Waals surface area contributed by atoms with Crippen LogP contribution in [-0.4, -0.2) is 18.0 Å². The summed E-state index contributed by atoms with van der Waals surface area (Å²) in [4.78, 5) is 2.29. The maximum atomic E-state index is 3.79. The van der Waals surface area contributed by atoms with Gasteiger partial charge in [-0.3, -0.25) is 0 Å². The highest BCUT2D eigenvalue weighted by molar-refractivity contribution is 4.72. The van der Waals surface area contributed by atoms with Crippen LogP contribution in [-0.2, 0) is 0 Å². The van der Waals surface area contributed by atoms with Crippen LogP contribution in [0, 0.1) is 11.8 Å². The fourth-order valence-corrected chi connectivity index (χ4v) is 1.16. The van der Waals surface area contributed by atoms with Crippen molar-refractivity contribution in [2.24, 2.45) is 11.8 Å². The normalized spacial score (nSPS) is 10.7. The van der Waals surface area contributed by atoms with Gasteiger partial charge >= 0.3 is 0 Å². The van der Waals surface area contributed by atoms with Gasteiger partial charge < -0.3 is 4.90 Å². The second-order valence-electron chi connectivity index (χ2n) is 3.92. The van der Waals surface area contributed by atoms with Crippen LogP contribution in [0.2, 0.25) is 0 Å². The Morgan fingerprint density at radius 3 is 1.64 bits per heavy atom. The molecule has 0 aromatic rings. The molecule has 0 saturated heterocycles. The lowest BCUT2D eigenvalue weighted by Crippen LogP contribution is -2.25. The SMILES string of the molecule is C=CN(CC(C)C)CC(C)C. The standard InChI is InChI=1S/C10H21N/c1-6-11(7-9(2)3)8-10(4)5/h6,9-10H,1,7-8H2,2-5H3. The molecule has 0 aliphatic heterocycles. The lowest BCUT2D eigenvalue weighted by molar-refractivity contribution is 0.297. The first-order valence-corrected chi connectivity index (χ1v) is 4.42. The van der Waals surface area contributed by atoms with E-state index in [1.54, 1.807) is 0 Å². The molecular weight excluding hydrogens is 134 g/mol. The molecule has 0 aliphatic carbocycles. The lowest BCUT2D eigenvalue weighted by Gasteiger charge is -2.23. The topological polar surface area (TPSA) is 3.24 Å². The Kier molecular flexibility index (Phi) is 5.01. The first-order chi connectivity index (χ1) is 5.06. The number of hydrogen-bond donors (Lipinski definition) is 0. The van der Waals surface area contributed by atoms with Crippen LogP contribution in [0.25, 0.3) is 0 Å². The van der Waals surface area contributed by atoms with Crippen LogP contribution in [0.15, 0.2) is 12.8 Å². The van der Waals surface area contributed by atoms with Crippen molar-refractivity contribution in [2.45, 2.75) is 27.7 Å². The van der Waals surface area contributed by atoms with E-state index in [0.717, 1.165) is 24.9 Å². The molecule has 11 heavy (non-hydrogen) atoms.